The second-order valence-corrected chi connectivity index (χ2v) is 2.70. The Kier molecular flexibility index (Phi) is 2.55. The van der Waals surface area contributed by atoms with E-state index in [2.05, 4.69) is 5.32 Å². The van der Waals surface area contributed by atoms with Crippen LogP contribution in [0.1, 0.15) is 18.6 Å². The number of aliphatic hydroxyl groups excluding tert-OH is 1. The summed E-state index contributed by atoms with van der Waals surface area (Å²) in [5.74, 6) is 0.196. The van der Waals surface area contributed by atoms with Crippen molar-refractivity contribution in [1.29, 1.82) is 0 Å². The zero-order chi connectivity index (χ0) is 9.14. The van der Waals surface area contributed by atoms with Crippen LogP contribution in [0.2, 0.25) is 0 Å². The Labute approximate surface area is 71.7 Å². The van der Waals surface area contributed by atoms with Crippen molar-refractivity contribution < 1.29 is 10.2 Å². The third-order valence-corrected chi connectivity index (χ3v) is 1.77. The van der Waals surface area contributed by atoms with Gasteiger partial charge < -0.3 is 15.5 Å². The van der Waals surface area contributed by atoms with Gasteiger partial charge in [-0.05, 0) is 24.6 Å². The molecule has 12 heavy (non-hydrogen) atoms. The van der Waals surface area contributed by atoms with Gasteiger partial charge in [-0.15, -0.1) is 0 Å². The molecule has 0 spiro atoms. The Morgan fingerprint density at radius 3 is 2.58 bits per heavy atom. The molecule has 0 amide bonds. The van der Waals surface area contributed by atoms with Gasteiger partial charge in [0.05, 0.1) is 11.8 Å². The average molecular weight is 167 g/mol. The smallest absolute Gasteiger partial charge is 0.138 e. The lowest BCUT2D eigenvalue weighted by Crippen LogP contribution is -1.94. The molecule has 0 saturated carbocycles. The molecule has 0 saturated heterocycles. The number of rotatable bonds is 2. The minimum atomic E-state index is -0.502. The van der Waals surface area contributed by atoms with Crippen molar-refractivity contribution in [3.8, 4) is 5.75 Å². The van der Waals surface area contributed by atoms with E-state index in [9.17, 15) is 10.2 Å². The molecule has 1 aromatic carbocycles. The maximum Gasteiger partial charge on any atom is 0.138 e. The zero-order valence-electron chi connectivity index (χ0n) is 7.20. The molecule has 3 N–H and O–H groups in total. The van der Waals surface area contributed by atoms with E-state index in [1.807, 2.05) is 0 Å². The van der Waals surface area contributed by atoms with Gasteiger partial charge >= 0.3 is 0 Å². The minimum Gasteiger partial charge on any atom is -0.506 e. The first-order chi connectivity index (χ1) is 5.65. The molecule has 3 heteroatoms. The number of aliphatic hydroxyl groups is 1. The molecule has 0 aliphatic heterocycles. The predicted octanol–water partition coefficient (Wildman–Crippen LogP) is 1.49. The summed E-state index contributed by atoms with van der Waals surface area (Å²) < 4.78 is 0. The molecular formula is C9H13NO2. The van der Waals surface area contributed by atoms with Crippen molar-refractivity contribution >= 4 is 5.69 Å². The Balaban J connectivity index is 3.05. The standard InChI is InChI=1S/C9H13NO2/c1-6(11)7-3-4-9(12)8(5-7)10-2/h3-6,10-12H,1-2H3. The summed E-state index contributed by atoms with van der Waals surface area (Å²) in [5.41, 5.74) is 1.42. The van der Waals surface area contributed by atoms with Crippen molar-refractivity contribution in [2.75, 3.05) is 12.4 Å². The summed E-state index contributed by atoms with van der Waals surface area (Å²) in [6.07, 6.45) is -0.502. The first kappa shape index (κ1) is 8.87. The van der Waals surface area contributed by atoms with E-state index in [-0.39, 0.29) is 5.75 Å². The van der Waals surface area contributed by atoms with Crippen LogP contribution < -0.4 is 5.32 Å². The molecule has 1 atom stereocenters. The monoisotopic (exact) mass is 167 g/mol. The first-order valence-electron chi connectivity index (χ1n) is 3.84. The highest BCUT2D eigenvalue weighted by atomic mass is 16.3. The van der Waals surface area contributed by atoms with Crippen molar-refractivity contribution in [2.45, 2.75) is 13.0 Å². The van der Waals surface area contributed by atoms with Crippen LogP contribution in [0.25, 0.3) is 0 Å². The van der Waals surface area contributed by atoms with Crippen LogP contribution in [0, 0.1) is 0 Å². The minimum absolute atomic E-state index is 0.196. The first-order valence-corrected chi connectivity index (χ1v) is 3.84. The third-order valence-electron chi connectivity index (χ3n) is 1.77. The van der Waals surface area contributed by atoms with Crippen LogP contribution in [0.4, 0.5) is 5.69 Å². The fraction of sp³-hybridized carbons (Fsp3) is 0.333. The summed E-state index contributed by atoms with van der Waals surface area (Å²) in [4.78, 5) is 0. The van der Waals surface area contributed by atoms with Crippen LogP contribution in [-0.2, 0) is 0 Å². The lowest BCUT2D eigenvalue weighted by Gasteiger charge is -2.08. The normalized spacial score (nSPS) is 12.6. The summed E-state index contributed by atoms with van der Waals surface area (Å²) in [6, 6.07) is 4.98. The van der Waals surface area contributed by atoms with E-state index >= 15 is 0 Å². The highest BCUT2D eigenvalue weighted by Crippen LogP contribution is 2.26. The van der Waals surface area contributed by atoms with Gasteiger partial charge in [-0.3, -0.25) is 0 Å². The summed E-state index contributed by atoms with van der Waals surface area (Å²) >= 11 is 0. The largest absolute Gasteiger partial charge is 0.506 e. The molecule has 0 aromatic heterocycles. The van der Waals surface area contributed by atoms with Crippen molar-refractivity contribution in [3.63, 3.8) is 0 Å². The number of nitrogens with one attached hydrogen (secondary N) is 1. The summed E-state index contributed by atoms with van der Waals surface area (Å²) in [6.45, 7) is 1.69. The van der Waals surface area contributed by atoms with Crippen molar-refractivity contribution in [3.05, 3.63) is 23.8 Å². The van der Waals surface area contributed by atoms with Crippen molar-refractivity contribution in [1.82, 2.24) is 0 Å². The van der Waals surface area contributed by atoms with Gasteiger partial charge in [0.2, 0.25) is 0 Å². The molecule has 0 fully saturated rings. The quantitative estimate of drug-likeness (QED) is 0.585. The van der Waals surface area contributed by atoms with Gasteiger partial charge in [0.1, 0.15) is 5.75 Å². The summed E-state index contributed by atoms with van der Waals surface area (Å²) in [5, 5.41) is 21.3. The van der Waals surface area contributed by atoms with Gasteiger partial charge in [-0.25, -0.2) is 0 Å². The number of hydrogen-bond acceptors (Lipinski definition) is 3. The van der Waals surface area contributed by atoms with Gasteiger partial charge in [0.15, 0.2) is 0 Å². The maximum atomic E-state index is 9.27. The fourth-order valence-corrected chi connectivity index (χ4v) is 1.01. The van der Waals surface area contributed by atoms with Crippen LogP contribution in [0.5, 0.6) is 5.75 Å². The van der Waals surface area contributed by atoms with E-state index in [1.165, 1.54) is 0 Å². The Hall–Kier alpha value is -1.22. The highest BCUT2D eigenvalue weighted by Gasteiger charge is 2.04. The molecule has 0 radical (unpaired) electrons. The van der Waals surface area contributed by atoms with Crippen LogP contribution >= 0.6 is 0 Å². The molecule has 3 nitrogen and oxygen atoms in total. The lowest BCUT2D eigenvalue weighted by atomic mass is 10.1. The average Bonchev–Trinajstić information content (AvgIpc) is 2.05. The van der Waals surface area contributed by atoms with Crippen LogP contribution in [0.15, 0.2) is 18.2 Å². The topological polar surface area (TPSA) is 52.5 Å². The summed E-state index contributed by atoms with van der Waals surface area (Å²) in [7, 11) is 1.72. The van der Waals surface area contributed by atoms with Gasteiger partial charge in [0, 0.05) is 7.05 Å². The van der Waals surface area contributed by atoms with Crippen LogP contribution in [0.3, 0.4) is 0 Å². The van der Waals surface area contributed by atoms with E-state index in [1.54, 1.807) is 32.2 Å². The molecule has 0 aliphatic rings. The van der Waals surface area contributed by atoms with Crippen LogP contribution in [-0.4, -0.2) is 17.3 Å². The van der Waals surface area contributed by atoms with E-state index in [0.717, 1.165) is 5.56 Å². The lowest BCUT2D eigenvalue weighted by molar-refractivity contribution is 0.199. The molecule has 0 bridgehead atoms. The maximum absolute atomic E-state index is 9.27. The van der Waals surface area contributed by atoms with Gasteiger partial charge in [-0.2, -0.15) is 0 Å². The molecular weight excluding hydrogens is 154 g/mol. The number of phenolic OH excluding ortho intramolecular Hbond substituents is 1. The molecule has 1 unspecified atom stereocenters. The third kappa shape index (κ3) is 1.68. The van der Waals surface area contributed by atoms with E-state index < -0.39 is 6.10 Å². The molecule has 1 aromatic rings. The Morgan fingerprint density at radius 2 is 2.08 bits per heavy atom. The van der Waals surface area contributed by atoms with Gasteiger partial charge in [-0.1, -0.05) is 6.07 Å². The second-order valence-electron chi connectivity index (χ2n) is 2.70. The number of benzene rings is 1. The van der Waals surface area contributed by atoms with Crippen molar-refractivity contribution in [2.24, 2.45) is 0 Å². The second kappa shape index (κ2) is 3.45. The molecule has 0 heterocycles. The Morgan fingerprint density at radius 1 is 1.42 bits per heavy atom. The SMILES string of the molecule is CNc1cc(C(C)O)ccc1O. The number of anilines is 1. The number of phenols is 1. The molecule has 1 rings (SSSR count). The molecule has 66 valence electrons. The van der Waals surface area contributed by atoms with E-state index in [4.69, 9.17) is 0 Å². The fourth-order valence-electron chi connectivity index (χ4n) is 1.01. The predicted molar refractivity (Wildman–Crippen MR) is 48.3 cm³/mol. The van der Waals surface area contributed by atoms with E-state index in [0.29, 0.717) is 5.69 Å². The highest BCUT2D eigenvalue weighted by molar-refractivity contribution is 5.57. The Bertz CT molecular complexity index is 271. The number of hydrogen-bond donors (Lipinski definition) is 3. The van der Waals surface area contributed by atoms with Gasteiger partial charge in [0.25, 0.3) is 0 Å². The zero-order valence-corrected chi connectivity index (χ0v) is 7.20. The number of aromatic hydroxyl groups is 1. The molecule has 0 aliphatic carbocycles.